The molecule has 2 atom stereocenters. The lowest BCUT2D eigenvalue weighted by Gasteiger charge is -2.35. The van der Waals surface area contributed by atoms with E-state index in [2.05, 4.69) is 61.7 Å². The molecule has 0 saturated heterocycles. The molecule has 0 radical (unpaired) electrons. The minimum atomic E-state index is 0.283. The van der Waals surface area contributed by atoms with Gasteiger partial charge in [-0.1, -0.05) is 47.2 Å². The van der Waals surface area contributed by atoms with Gasteiger partial charge in [0.1, 0.15) is 0 Å². The molecule has 0 N–H and O–H groups in total. The maximum atomic E-state index is 3.24. The second-order valence-electron chi connectivity index (χ2n) is 4.82. The summed E-state index contributed by atoms with van der Waals surface area (Å²) in [5.41, 5.74) is 6.08. The Hall–Kier alpha value is -0.530. The highest BCUT2D eigenvalue weighted by Gasteiger charge is 2.30. The van der Waals surface area contributed by atoms with E-state index >= 15 is 0 Å². The van der Waals surface area contributed by atoms with Crippen molar-refractivity contribution in [3.63, 3.8) is 0 Å². The van der Waals surface area contributed by atoms with Crippen molar-refractivity contribution in [2.24, 2.45) is 11.3 Å². The molecule has 0 saturated carbocycles. The van der Waals surface area contributed by atoms with Gasteiger partial charge in [-0.3, -0.25) is 0 Å². The van der Waals surface area contributed by atoms with E-state index in [4.69, 9.17) is 0 Å². The molecule has 0 spiro atoms. The number of hydrogen-bond acceptors (Lipinski definition) is 0. The third-order valence-electron chi connectivity index (χ3n) is 2.81. The SMILES string of the molecule is C=C.CC1=C(C#CP)C(C)(C)CC(C)C1. The molecule has 0 aromatic carbocycles. The first-order chi connectivity index (χ1) is 6.97. The lowest BCUT2D eigenvalue weighted by molar-refractivity contribution is 0.309. The molecule has 0 heterocycles. The lowest BCUT2D eigenvalue weighted by atomic mass is 9.69. The van der Waals surface area contributed by atoms with Crippen LogP contribution in [0.3, 0.4) is 0 Å². The average molecular weight is 222 g/mol. The fourth-order valence-corrected chi connectivity index (χ4v) is 2.74. The van der Waals surface area contributed by atoms with Crippen LogP contribution < -0.4 is 0 Å². The average Bonchev–Trinajstić information content (AvgIpc) is 2.13. The van der Waals surface area contributed by atoms with Gasteiger partial charge in [-0.05, 0) is 31.1 Å². The van der Waals surface area contributed by atoms with Crippen LogP contribution in [0.25, 0.3) is 0 Å². The van der Waals surface area contributed by atoms with Crippen LogP contribution in [-0.2, 0) is 0 Å². The van der Waals surface area contributed by atoms with E-state index in [9.17, 15) is 0 Å². The summed E-state index contributed by atoms with van der Waals surface area (Å²) in [6, 6.07) is 0. The molecule has 0 aromatic heterocycles. The summed E-state index contributed by atoms with van der Waals surface area (Å²) in [5, 5.41) is 0. The van der Waals surface area contributed by atoms with Crippen molar-refractivity contribution in [2.75, 3.05) is 0 Å². The first kappa shape index (κ1) is 14.5. The van der Waals surface area contributed by atoms with Crippen molar-refractivity contribution in [1.29, 1.82) is 0 Å². The minimum absolute atomic E-state index is 0.283. The Morgan fingerprint density at radius 2 is 1.93 bits per heavy atom. The van der Waals surface area contributed by atoms with Gasteiger partial charge in [0.2, 0.25) is 0 Å². The van der Waals surface area contributed by atoms with Crippen LogP contribution in [0.2, 0.25) is 0 Å². The molecular weight excluding hydrogens is 199 g/mol. The second kappa shape index (κ2) is 6.14. The Bertz CT molecular complexity index is 299. The maximum absolute atomic E-state index is 3.24. The lowest BCUT2D eigenvalue weighted by Crippen LogP contribution is -2.24. The molecule has 1 aliphatic carbocycles. The summed E-state index contributed by atoms with van der Waals surface area (Å²) in [5.74, 6) is 4.05. The van der Waals surface area contributed by atoms with Gasteiger partial charge in [-0.15, -0.1) is 13.2 Å². The van der Waals surface area contributed by atoms with Gasteiger partial charge in [0.05, 0.1) is 0 Å². The Kier molecular flexibility index (Phi) is 5.92. The van der Waals surface area contributed by atoms with Gasteiger partial charge in [0, 0.05) is 5.57 Å². The van der Waals surface area contributed by atoms with Gasteiger partial charge >= 0.3 is 0 Å². The van der Waals surface area contributed by atoms with Crippen LogP contribution in [-0.4, -0.2) is 0 Å². The Morgan fingerprint density at radius 3 is 2.33 bits per heavy atom. The van der Waals surface area contributed by atoms with E-state index in [1.807, 2.05) is 0 Å². The summed E-state index contributed by atoms with van der Waals surface area (Å²) in [6.07, 6.45) is 2.48. The molecule has 0 aromatic rings. The van der Waals surface area contributed by atoms with Gasteiger partial charge in [0.15, 0.2) is 0 Å². The van der Waals surface area contributed by atoms with E-state index in [1.54, 1.807) is 0 Å². The number of rotatable bonds is 0. The first-order valence-electron chi connectivity index (χ1n) is 5.39. The topological polar surface area (TPSA) is 0 Å². The zero-order valence-electron chi connectivity index (χ0n) is 10.5. The minimum Gasteiger partial charge on any atom is -0.106 e. The van der Waals surface area contributed by atoms with E-state index in [1.165, 1.54) is 24.0 Å². The molecule has 1 rings (SSSR count). The molecule has 84 valence electrons. The number of allylic oxidation sites excluding steroid dienone is 2. The molecule has 0 fully saturated rings. The van der Waals surface area contributed by atoms with Crippen molar-refractivity contribution in [1.82, 2.24) is 0 Å². The van der Waals surface area contributed by atoms with Gasteiger partial charge in [-0.2, -0.15) is 0 Å². The Labute approximate surface area is 97.4 Å². The molecule has 0 aliphatic heterocycles. The quantitative estimate of drug-likeness (QED) is 0.324. The fourth-order valence-electron chi connectivity index (χ4n) is 2.60. The van der Waals surface area contributed by atoms with E-state index in [-0.39, 0.29) is 5.41 Å². The monoisotopic (exact) mass is 222 g/mol. The predicted molar refractivity (Wildman–Crippen MR) is 73.6 cm³/mol. The highest BCUT2D eigenvalue weighted by Crippen LogP contribution is 2.42. The largest absolute Gasteiger partial charge is 0.106 e. The molecule has 0 bridgehead atoms. The van der Waals surface area contributed by atoms with E-state index < -0.39 is 0 Å². The zero-order chi connectivity index (χ0) is 12.1. The van der Waals surface area contributed by atoms with Crippen LogP contribution >= 0.6 is 9.24 Å². The van der Waals surface area contributed by atoms with Crippen LogP contribution in [0, 0.1) is 22.9 Å². The van der Waals surface area contributed by atoms with Crippen molar-refractivity contribution in [2.45, 2.75) is 40.5 Å². The molecule has 0 amide bonds. The molecule has 15 heavy (non-hydrogen) atoms. The standard InChI is InChI=1S/C12H19P.C2H4/c1-9-7-10(2)11(5-6-13)12(3,4)8-9;1-2/h9H,7-8,13H2,1-4H3;1-2H2. The maximum Gasteiger partial charge on any atom is 0.00693 e. The molecule has 0 nitrogen and oxygen atoms in total. The fraction of sp³-hybridized carbons (Fsp3) is 0.571. The highest BCUT2D eigenvalue weighted by atomic mass is 31.0. The smallest absolute Gasteiger partial charge is 0.00693 e. The van der Waals surface area contributed by atoms with Gasteiger partial charge < -0.3 is 0 Å². The summed E-state index contributed by atoms with van der Waals surface area (Å²) in [7, 11) is 2.48. The van der Waals surface area contributed by atoms with Gasteiger partial charge in [-0.25, -0.2) is 0 Å². The second-order valence-corrected chi connectivity index (χ2v) is 5.11. The van der Waals surface area contributed by atoms with Crippen molar-refractivity contribution in [3.05, 3.63) is 24.3 Å². The van der Waals surface area contributed by atoms with Crippen molar-refractivity contribution < 1.29 is 0 Å². The predicted octanol–water partition coefficient (Wildman–Crippen LogP) is 4.40. The Balaban J connectivity index is 0.000000921. The molecule has 2 unspecified atom stereocenters. The molecule has 1 aliphatic rings. The molecular formula is C14H23P. The normalized spacial score (nSPS) is 23.4. The van der Waals surface area contributed by atoms with Crippen molar-refractivity contribution >= 4 is 9.24 Å². The van der Waals surface area contributed by atoms with Crippen LogP contribution in [0.1, 0.15) is 40.5 Å². The highest BCUT2D eigenvalue weighted by molar-refractivity contribution is 7.23. The van der Waals surface area contributed by atoms with Crippen molar-refractivity contribution in [3.8, 4) is 11.6 Å². The zero-order valence-corrected chi connectivity index (χ0v) is 11.6. The first-order valence-corrected chi connectivity index (χ1v) is 5.97. The Morgan fingerprint density at radius 1 is 1.40 bits per heavy atom. The van der Waals surface area contributed by atoms with E-state index in [0.717, 1.165) is 5.92 Å². The van der Waals surface area contributed by atoms with Gasteiger partial charge in [0.25, 0.3) is 0 Å². The third-order valence-corrected chi connectivity index (χ3v) is 2.96. The summed E-state index contributed by atoms with van der Waals surface area (Å²) in [6.45, 7) is 15.2. The van der Waals surface area contributed by atoms with E-state index in [0.29, 0.717) is 0 Å². The number of hydrogen-bond donors (Lipinski definition) is 0. The van der Waals surface area contributed by atoms with Crippen LogP contribution in [0.5, 0.6) is 0 Å². The molecule has 1 heteroatoms. The van der Waals surface area contributed by atoms with Crippen LogP contribution in [0.15, 0.2) is 24.3 Å². The summed E-state index contributed by atoms with van der Waals surface area (Å²) in [4.78, 5) is 0. The summed E-state index contributed by atoms with van der Waals surface area (Å²) >= 11 is 0. The summed E-state index contributed by atoms with van der Waals surface area (Å²) < 4.78 is 0. The third kappa shape index (κ3) is 3.84. The van der Waals surface area contributed by atoms with Crippen LogP contribution in [0.4, 0.5) is 0 Å².